The molecule has 4 amide bonds. The Kier molecular flexibility index (Phi) is 7.61. The Morgan fingerprint density at radius 3 is 2.17 bits per heavy atom. The lowest BCUT2D eigenvalue weighted by molar-refractivity contribution is -0.387. The minimum absolute atomic E-state index is 0.106. The largest absolute Gasteiger partial charge is 0.486 e. The average molecular weight is 571 g/mol. The van der Waals surface area contributed by atoms with Crippen LogP contribution in [0.25, 0.3) is 11.8 Å². The van der Waals surface area contributed by atoms with Crippen molar-refractivity contribution in [3.63, 3.8) is 0 Å². The molecule has 13 heteroatoms. The van der Waals surface area contributed by atoms with Crippen LogP contribution in [-0.4, -0.2) is 61.4 Å². The summed E-state index contributed by atoms with van der Waals surface area (Å²) in [6.07, 6.45) is 1.23. The van der Waals surface area contributed by atoms with Crippen LogP contribution in [0.15, 0.2) is 94.5 Å². The highest BCUT2D eigenvalue weighted by molar-refractivity contribution is 7.99. The van der Waals surface area contributed by atoms with Crippen molar-refractivity contribution in [3.8, 4) is 11.4 Å². The Bertz CT molecular complexity index is 1660. The summed E-state index contributed by atoms with van der Waals surface area (Å²) in [5.41, 5.74) is 0.446. The molecule has 0 atom stereocenters. The average Bonchev–Trinajstić information content (AvgIpc) is 3.39. The number of aromatic nitrogens is 3. The van der Waals surface area contributed by atoms with Gasteiger partial charge in [-0.05, 0) is 53.7 Å². The molecule has 0 bridgehead atoms. The summed E-state index contributed by atoms with van der Waals surface area (Å²) >= 11 is 1.04. The molecule has 5 rings (SSSR count). The van der Waals surface area contributed by atoms with E-state index in [0.29, 0.717) is 16.7 Å². The number of nitro benzene ring substituents is 1. The van der Waals surface area contributed by atoms with Gasteiger partial charge < -0.3 is 4.74 Å². The summed E-state index contributed by atoms with van der Waals surface area (Å²) in [6, 6.07) is 22.1. The first kappa shape index (κ1) is 27.3. The quantitative estimate of drug-likeness (QED) is 0.131. The van der Waals surface area contributed by atoms with E-state index in [4.69, 9.17) is 4.74 Å². The Hall–Kier alpha value is -5.30. The molecule has 0 unspecified atom stereocenters. The lowest BCUT2D eigenvalue weighted by Crippen LogP contribution is -2.52. The Morgan fingerprint density at radius 1 is 0.902 bits per heavy atom. The third kappa shape index (κ3) is 5.56. The number of hydrogen-bond acceptors (Lipinski definition) is 9. The van der Waals surface area contributed by atoms with Gasteiger partial charge in [-0.15, -0.1) is 10.2 Å². The highest BCUT2D eigenvalue weighted by Gasteiger charge is 2.38. The number of barbiturate groups is 1. The predicted octanol–water partition coefficient (Wildman–Crippen LogP) is 4.34. The number of nitrogens with zero attached hydrogens (tertiary/aromatic N) is 6. The predicted molar refractivity (Wildman–Crippen MR) is 148 cm³/mol. The van der Waals surface area contributed by atoms with Gasteiger partial charge in [-0.3, -0.25) is 34.1 Å². The van der Waals surface area contributed by atoms with Gasteiger partial charge in [-0.1, -0.05) is 42.5 Å². The van der Waals surface area contributed by atoms with E-state index >= 15 is 0 Å². The summed E-state index contributed by atoms with van der Waals surface area (Å²) in [7, 11) is 2.51. The zero-order chi connectivity index (χ0) is 29.1. The number of rotatable bonds is 8. The molecule has 4 aromatic rings. The van der Waals surface area contributed by atoms with Gasteiger partial charge in [0.1, 0.15) is 17.9 Å². The van der Waals surface area contributed by atoms with Crippen molar-refractivity contribution in [2.45, 2.75) is 16.7 Å². The molecule has 41 heavy (non-hydrogen) atoms. The molecule has 1 saturated heterocycles. The van der Waals surface area contributed by atoms with Crippen molar-refractivity contribution in [1.29, 1.82) is 0 Å². The molecular weight excluding hydrogens is 548 g/mol. The van der Waals surface area contributed by atoms with Gasteiger partial charge >= 0.3 is 6.03 Å². The second-order valence-electron chi connectivity index (χ2n) is 8.83. The lowest BCUT2D eigenvalue weighted by atomic mass is 10.1. The van der Waals surface area contributed by atoms with Crippen LogP contribution in [-0.2, 0) is 16.2 Å². The van der Waals surface area contributed by atoms with Crippen LogP contribution in [0.3, 0.4) is 0 Å². The fourth-order valence-electron chi connectivity index (χ4n) is 4.05. The molecule has 1 aromatic heterocycles. The third-order valence-electron chi connectivity index (χ3n) is 6.16. The highest BCUT2D eigenvalue weighted by atomic mass is 32.2. The molecule has 0 aliphatic carbocycles. The Morgan fingerprint density at radius 2 is 1.54 bits per heavy atom. The fraction of sp³-hybridized carbons (Fsp3) is 0.107. The summed E-state index contributed by atoms with van der Waals surface area (Å²) < 4.78 is 7.64. The first-order valence-corrected chi connectivity index (χ1v) is 13.0. The molecule has 0 spiro atoms. The molecule has 1 aliphatic rings. The molecule has 0 radical (unpaired) electrons. The number of carbonyl (C=O) groups is 3. The van der Waals surface area contributed by atoms with E-state index in [0.717, 1.165) is 27.2 Å². The third-order valence-corrected chi connectivity index (χ3v) is 7.17. The number of amides is 4. The van der Waals surface area contributed by atoms with E-state index in [-0.39, 0.29) is 28.3 Å². The standard InChI is InChI=1S/C28H22N6O6S/c1-31-25(35)21(26(36)32(2)28(31)37)15-18-13-14-23(22(16-18)34(38)39)41-27-30-29-24(17-40-20-11-7-4-8-12-20)33(27)19-9-5-3-6-10-19/h3-16H,17H2,1-2H3. The monoisotopic (exact) mass is 570 g/mol. The number of likely N-dealkylation sites (N-methyl/N-ethyl adjacent to an activating group) is 2. The minimum Gasteiger partial charge on any atom is -0.486 e. The van der Waals surface area contributed by atoms with E-state index in [1.54, 1.807) is 10.6 Å². The van der Waals surface area contributed by atoms with Gasteiger partial charge in [0.25, 0.3) is 17.5 Å². The van der Waals surface area contributed by atoms with Crippen molar-refractivity contribution in [1.82, 2.24) is 24.6 Å². The summed E-state index contributed by atoms with van der Waals surface area (Å²) in [4.78, 5) is 50.5. The van der Waals surface area contributed by atoms with Gasteiger partial charge in [0.05, 0.1) is 9.82 Å². The van der Waals surface area contributed by atoms with Crippen molar-refractivity contribution in [2.75, 3.05) is 14.1 Å². The molecular formula is C28H22N6O6S. The molecule has 1 aliphatic heterocycles. The van der Waals surface area contributed by atoms with Gasteiger partial charge in [0, 0.05) is 25.8 Å². The molecule has 0 N–H and O–H groups in total. The zero-order valence-corrected chi connectivity index (χ0v) is 22.6. The number of para-hydroxylation sites is 2. The second-order valence-corrected chi connectivity index (χ2v) is 9.84. The highest BCUT2D eigenvalue weighted by Crippen LogP contribution is 2.36. The number of imide groups is 2. The molecule has 1 fully saturated rings. The normalized spacial score (nSPS) is 13.5. The van der Waals surface area contributed by atoms with Gasteiger partial charge in [0.15, 0.2) is 5.82 Å². The second kappa shape index (κ2) is 11.4. The van der Waals surface area contributed by atoms with Crippen LogP contribution in [0.1, 0.15) is 11.4 Å². The van der Waals surface area contributed by atoms with Crippen LogP contribution < -0.4 is 4.74 Å². The lowest BCUT2D eigenvalue weighted by Gasteiger charge is -2.28. The number of ether oxygens (including phenoxy) is 1. The van der Waals surface area contributed by atoms with Crippen LogP contribution in [0.5, 0.6) is 5.75 Å². The van der Waals surface area contributed by atoms with Crippen molar-refractivity contribution >= 4 is 41.4 Å². The SMILES string of the molecule is CN1C(=O)C(=Cc2ccc(Sc3nnc(COc4ccccc4)n3-c3ccccc3)c([N+](=O)[O-])c2)C(=O)N(C)C1=O. The number of hydrogen-bond donors (Lipinski definition) is 0. The molecule has 12 nitrogen and oxygen atoms in total. The van der Waals surface area contributed by atoms with E-state index < -0.39 is 22.8 Å². The maximum Gasteiger partial charge on any atom is 0.333 e. The first-order chi connectivity index (χ1) is 19.7. The van der Waals surface area contributed by atoms with Crippen molar-refractivity contribution < 1.29 is 24.0 Å². The maximum absolute atomic E-state index is 12.6. The zero-order valence-electron chi connectivity index (χ0n) is 21.8. The summed E-state index contributed by atoms with van der Waals surface area (Å²) in [6.45, 7) is 0.106. The Labute approximate surface area is 238 Å². The van der Waals surface area contributed by atoms with E-state index in [1.165, 1.54) is 32.3 Å². The van der Waals surface area contributed by atoms with E-state index in [9.17, 15) is 24.5 Å². The van der Waals surface area contributed by atoms with Crippen LogP contribution in [0, 0.1) is 10.1 Å². The van der Waals surface area contributed by atoms with Gasteiger partial charge in [0.2, 0.25) is 5.16 Å². The molecule has 2 heterocycles. The van der Waals surface area contributed by atoms with Crippen molar-refractivity contribution in [2.24, 2.45) is 0 Å². The van der Waals surface area contributed by atoms with Crippen LogP contribution >= 0.6 is 11.8 Å². The summed E-state index contributed by atoms with van der Waals surface area (Å²) in [5.74, 6) is -0.439. The number of carbonyl (C=O) groups excluding carboxylic acids is 3. The van der Waals surface area contributed by atoms with Crippen molar-refractivity contribution in [3.05, 3.63) is 106 Å². The van der Waals surface area contributed by atoms with Gasteiger partial charge in [-0.25, -0.2) is 4.79 Å². The molecule has 0 saturated carbocycles. The van der Waals surface area contributed by atoms with Crippen LogP contribution in [0.4, 0.5) is 10.5 Å². The molecule has 3 aromatic carbocycles. The smallest absolute Gasteiger partial charge is 0.333 e. The van der Waals surface area contributed by atoms with E-state index in [2.05, 4.69) is 10.2 Å². The Balaban J connectivity index is 1.49. The topological polar surface area (TPSA) is 141 Å². The number of urea groups is 1. The fourth-order valence-corrected chi connectivity index (χ4v) is 5.01. The number of nitro groups is 1. The first-order valence-electron chi connectivity index (χ1n) is 12.2. The maximum atomic E-state index is 12.6. The van der Waals surface area contributed by atoms with E-state index in [1.807, 2.05) is 60.7 Å². The number of benzene rings is 3. The molecule has 206 valence electrons. The van der Waals surface area contributed by atoms with Gasteiger partial charge in [-0.2, -0.15) is 0 Å². The van der Waals surface area contributed by atoms with Crippen LogP contribution in [0.2, 0.25) is 0 Å². The summed E-state index contributed by atoms with van der Waals surface area (Å²) in [5, 5.41) is 21.0. The minimum atomic E-state index is -0.791.